The van der Waals surface area contributed by atoms with Crippen molar-refractivity contribution in [3.05, 3.63) is 12.5 Å². The number of hydrogen-bond donors (Lipinski definition) is 4. The largest absolute Gasteiger partial charge is 0.480 e. The molecule has 6 nitrogen and oxygen atoms in total. The van der Waals surface area contributed by atoms with Gasteiger partial charge in [0.25, 0.3) is 0 Å². The highest BCUT2D eigenvalue weighted by atomic mass is 17.1. The van der Waals surface area contributed by atoms with Gasteiger partial charge in [-0.25, -0.2) is 5.26 Å². The summed E-state index contributed by atoms with van der Waals surface area (Å²) in [6.45, 7) is 4.08. The van der Waals surface area contributed by atoms with Crippen LogP contribution in [0.4, 0.5) is 0 Å². The van der Waals surface area contributed by atoms with Gasteiger partial charge in [-0.1, -0.05) is 0 Å². The van der Waals surface area contributed by atoms with Gasteiger partial charge in [0.05, 0.1) is 6.54 Å². The van der Waals surface area contributed by atoms with Crippen molar-refractivity contribution in [3.8, 4) is 0 Å². The van der Waals surface area contributed by atoms with Gasteiger partial charge < -0.3 is 20.6 Å². The summed E-state index contributed by atoms with van der Waals surface area (Å²) >= 11 is 0. The zero-order chi connectivity index (χ0) is 9.40. The van der Waals surface area contributed by atoms with Gasteiger partial charge in [0.15, 0.2) is 0 Å². The van der Waals surface area contributed by atoms with Gasteiger partial charge in [-0.2, -0.15) is 0 Å². The minimum absolute atomic E-state index is 0.0344. The van der Waals surface area contributed by atoms with Crippen molar-refractivity contribution in [1.82, 2.24) is 10.6 Å². The number of carbonyl (C=O) groups is 1. The van der Waals surface area contributed by atoms with E-state index in [1.807, 2.05) is 0 Å². The first-order valence-corrected chi connectivity index (χ1v) is 3.33. The highest BCUT2D eigenvalue weighted by Gasteiger charge is 1.94. The van der Waals surface area contributed by atoms with E-state index in [2.05, 4.69) is 22.1 Å². The Balaban J connectivity index is 3.11. The van der Waals surface area contributed by atoms with Crippen LogP contribution in [0.3, 0.4) is 0 Å². The van der Waals surface area contributed by atoms with Crippen molar-refractivity contribution in [2.45, 2.75) is 0 Å². The Morgan fingerprint density at radius 3 is 2.67 bits per heavy atom. The van der Waals surface area contributed by atoms with E-state index in [-0.39, 0.29) is 12.4 Å². The molecule has 0 saturated carbocycles. The predicted octanol–water partition coefficient (Wildman–Crippen LogP) is -0.789. The van der Waals surface area contributed by atoms with E-state index in [1.54, 1.807) is 0 Å². The molecule has 0 radical (unpaired) electrons. The van der Waals surface area contributed by atoms with Gasteiger partial charge in [0.1, 0.15) is 0 Å². The highest BCUT2D eigenvalue weighted by Crippen LogP contribution is 1.79. The molecule has 0 saturated heterocycles. The van der Waals surface area contributed by atoms with Crippen molar-refractivity contribution in [2.75, 3.05) is 19.6 Å². The first-order chi connectivity index (χ1) is 5.66. The van der Waals surface area contributed by atoms with E-state index in [4.69, 9.17) is 10.4 Å². The molecule has 0 atom stereocenters. The fourth-order valence-electron chi connectivity index (χ4n) is 0.518. The average molecular weight is 176 g/mol. The molecular formula is C6H12N2O4. The van der Waals surface area contributed by atoms with E-state index >= 15 is 0 Å². The summed E-state index contributed by atoms with van der Waals surface area (Å²) in [5, 5.41) is 21.4. The molecule has 0 heterocycles. The third-order valence-corrected chi connectivity index (χ3v) is 1.01. The lowest BCUT2D eigenvalue weighted by molar-refractivity contribution is -0.208. The third kappa shape index (κ3) is 6.84. The molecule has 0 aromatic heterocycles. The monoisotopic (exact) mass is 176 g/mol. The van der Waals surface area contributed by atoms with E-state index in [0.29, 0.717) is 13.1 Å². The van der Waals surface area contributed by atoms with Crippen LogP contribution < -0.4 is 10.6 Å². The minimum Gasteiger partial charge on any atom is -0.480 e. The maximum absolute atomic E-state index is 9.99. The Morgan fingerprint density at radius 1 is 1.50 bits per heavy atom. The van der Waals surface area contributed by atoms with Crippen LogP contribution in [0.25, 0.3) is 0 Å². The summed E-state index contributed by atoms with van der Waals surface area (Å²) in [4.78, 5) is 13.7. The maximum atomic E-state index is 9.99. The molecule has 0 aromatic carbocycles. The second-order valence-electron chi connectivity index (χ2n) is 2.01. The van der Waals surface area contributed by atoms with Crippen LogP contribution in [0.1, 0.15) is 0 Å². The molecule has 4 N–H and O–H groups in total. The zero-order valence-corrected chi connectivity index (χ0v) is 6.54. The summed E-state index contributed by atoms with van der Waals surface area (Å²) in [5.74, 6) is -0.876. The summed E-state index contributed by atoms with van der Waals surface area (Å²) in [5.41, 5.74) is 0. The highest BCUT2D eigenvalue weighted by molar-refractivity contribution is 5.68. The van der Waals surface area contributed by atoms with Crippen molar-refractivity contribution in [2.24, 2.45) is 0 Å². The predicted molar refractivity (Wildman–Crippen MR) is 41.4 cm³/mol. The van der Waals surface area contributed by atoms with Gasteiger partial charge in [0.2, 0.25) is 5.88 Å². The smallest absolute Gasteiger partial charge is 0.317 e. The molecule has 6 heteroatoms. The van der Waals surface area contributed by atoms with Gasteiger partial charge in [0, 0.05) is 13.1 Å². The first kappa shape index (κ1) is 10.7. The van der Waals surface area contributed by atoms with Crippen LogP contribution in [0.5, 0.6) is 0 Å². The molecule has 0 fully saturated rings. The summed E-state index contributed by atoms with van der Waals surface area (Å²) < 4.78 is 0. The second kappa shape index (κ2) is 6.44. The molecule has 0 bridgehead atoms. The quantitative estimate of drug-likeness (QED) is 0.176. The van der Waals surface area contributed by atoms with Gasteiger partial charge in [-0.3, -0.25) is 4.79 Å². The van der Waals surface area contributed by atoms with Crippen LogP contribution in [0.2, 0.25) is 0 Å². The Hall–Kier alpha value is -1.27. The molecule has 12 heavy (non-hydrogen) atoms. The molecular weight excluding hydrogens is 164 g/mol. The van der Waals surface area contributed by atoms with Crippen LogP contribution in [0, 0.1) is 0 Å². The molecule has 70 valence electrons. The van der Waals surface area contributed by atoms with Crippen molar-refractivity contribution in [1.29, 1.82) is 0 Å². The van der Waals surface area contributed by atoms with Gasteiger partial charge >= 0.3 is 5.97 Å². The molecule has 0 unspecified atom stereocenters. The van der Waals surface area contributed by atoms with E-state index in [0.717, 1.165) is 0 Å². The Labute approximate surface area is 69.8 Å². The molecule has 0 rings (SSSR count). The Kier molecular flexibility index (Phi) is 5.76. The molecule has 0 aromatic rings. The van der Waals surface area contributed by atoms with Crippen LogP contribution in [-0.2, 0) is 9.68 Å². The lowest BCUT2D eigenvalue weighted by Crippen LogP contribution is -2.30. The number of nitrogens with one attached hydrogen (secondary N) is 2. The number of carboxylic acid groups (broad SMARTS) is 1. The average Bonchev–Trinajstić information content (AvgIpc) is 2.03. The second-order valence-corrected chi connectivity index (χ2v) is 2.01. The SMILES string of the molecule is C=C(NCCNCC(=O)O)OO. The number of aliphatic carboxylic acids is 1. The van der Waals surface area contributed by atoms with Gasteiger partial charge in [-0.05, 0) is 6.58 Å². The number of hydrogen-bond acceptors (Lipinski definition) is 5. The molecule has 0 aliphatic rings. The topological polar surface area (TPSA) is 90.8 Å². The van der Waals surface area contributed by atoms with E-state index in [1.165, 1.54) is 0 Å². The normalized spacial score (nSPS) is 9.08. The van der Waals surface area contributed by atoms with Crippen LogP contribution in [-0.4, -0.2) is 36.0 Å². The molecule has 0 aliphatic carbocycles. The van der Waals surface area contributed by atoms with Crippen LogP contribution in [0.15, 0.2) is 12.5 Å². The Bertz CT molecular complexity index is 160. The molecule has 0 amide bonds. The zero-order valence-electron chi connectivity index (χ0n) is 6.54. The fraction of sp³-hybridized carbons (Fsp3) is 0.500. The molecule has 0 aliphatic heterocycles. The minimum atomic E-state index is -0.910. The fourth-order valence-corrected chi connectivity index (χ4v) is 0.518. The first-order valence-electron chi connectivity index (χ1n) is 3.33. The lowest BCUT2D eigenvalue weighted by Gasteiger charge is -2.05. The van der Waals surface area contributed by atoms with Gasteiger partial charge in [-0.15, -0.1) is 0 Å². The number of carboxylic acids is 1. The Morgan fingerprint density at radius 2 is 2.17 bits per heavy atom. The number of rotatable bonds is 7. The molecule has 0 spiro atoms. The maximum Gasteiger partial charge on any atom is 0.317 e. The van der Waals surface area contributed by atoms with E-state index in [9.17, 15) is 4.79 Å². The van der Waals surface area contributed by atoms with Crippen molar-refractivity contribution < 1.29 is 20.0 Å². The summed E-state index contributed by atoms with van der Waals surface area (Å²) in [6.07, 6.45) is 0. The standard InChI is InChI=1S/C6H12N2O4/c1-5(12-11)8-3-2-7-4-6(9)10/h7-8,11H,1-4H2,(H,9,10). The lowest BCUT2D eigenvalue weighted by atomic mass is 10.5. The van der Waals surface area contributed by atoms with Crippen LogP contribution >= 0.6 is 0 Å². The summed E-state index contributed by atoms with van der Waals surface area (Å²) in [6, 6.07) is 0. The third-order valence-electron chi connectivity index (χ3n) is 1.01. The van der Waals surface area contributed by atoms with Crippen molar-refractivity contribution in [3.63, 3.8) is 0 Å². The summed E-state index contributed by atoms with van der Waals surface area (Å²) in [7, 11) is 0. The van der Waals surface area contributed by atoms with E-state index < -0.39 is 5.97 Å². The van der Waals surface area contributed by atoms with Crippen molar-refractivity contribution >= 4 is 5.97 Å².